The van der Waals surface area contributed by atoms with Gasteiger partial charge in [0.1, 0.15) is 11.6 Å². The third kappa shape index (κ3) is 3.70. The number of halogens is 1. The largest absolute Gasteiger partial charge is 0.468 e. The number of benzene rings is 1. The number of carbonyl (C=O) groups is 2. The first kappa shape index (κ1) is 18.0. The van der Waals surface area contributed by atoms with E-state index < -0.39 is 5.82 Å². The van der Waals surface area contributed by atoms with Crippen molar-refractivity contribution in [3.05, 3.63) is 64.7 Å². The van der Waals surface area contributed by atoms with Crippen LogP contribution in [0.15, 0.2) is 52.0 Å². The fraction of sp³-hybridized carbons (Fsp3) is 0.300. The van der Waals surface area contributed by atoms with Crippen LogP contribution in [0.2, 0.25) is 0 Å². The molecule has 27 heavy (non-hydrogen) atoms. The normalized spacial score (nSPS) is 20.2. The van der Waals surface area contributed by atoms with E-state index in [1.165, 1.54) is 40.9 Å². The maximum Gasteiger partial charge on any atom is 0.268 e. The molecule has 1 aromatic carbocycles. The van der Waals surface area contributed by atoms with E-state index >= 15 is 0 Å². The molecule has 0 spiro atoms. The van der Waals surface area contributed by atoms with Gasteiger partial charge in [-0.15, -0.1) is 11.8 Å². The Bertz CT molecular complexity index is 870. The smallest absolute Gasteiger partial charge is 0.268 e. The second-order valence-corrected chi connectivity index (χ2v) is 7.42. The van der Waals surface area contributed by atoms with Crippen LogP contribution in [-0.2, 0) is 20.1 Å². The topological polar surface area (TPSA) is 59.8 Å². The molecule has 2 aliphatic rings. The highest BCUT2D eigenvalue weighted by Crippen LogP contribution is 2.38. The van der Waals surface area contributed by atoms with Crippen molar-refractivity contribution in [3.8, 4) is 0 Å². The van der Waals surface area contributed by atoms with Crippen LogP contribution in [0.1, 0.15) is 24.2 Å². The van der Waals surface area contributed by atoms with Crippen LogP contribution in [0.5, 0.6) is 0 Å². The SMILES string of the molecule is O=C1C(SCc2ccco2)=C(c2ccc(F)cc2)C(=O)N1CC1CCCO1. The van der Waals surface area contributed by atoms with Crippen molar-refractivity contribution in [2.75, 3.05) is 13.2 Å². The third-order valence-corrected chi connectivity index (χ3v) is 5.70. The maximum atomic E-state index is 13.3. The summed E-state index contributed by atoms with van der Waals surface area (Å²) in [7, 11) is 0. The van der Waals surface area contributed by atoms with Gasteiger partial charge in [0, 0.05) is 6.61 Å². The second kappa shape index (κ2) is 7.70. The summed E-state index contributed by atoms with van der Waals surface area (Å²) in [5.41, 5.74) is 0.848. The highest BCUT2D eigenvalue weighted by Gasteiger charge is 2.40. The molecule has 140 valence electrons. The van der Waals surface area contributed by atoms with Crippen LogP contribution >= 0.6 is 11.8 Å². The van der Waals surface area contributed by atoms with Crippen molar-refractivity contribution in [1.29, 1.82) is 0 Å². The molecule has 2 aliphatic heterocycles. The highest BCUT2D eigenvalue weighted by molar-refractivity contribution is 8.03. The molecule has 0 saturated carbocycles. The van der Waals surface area contributed by atoms with Gasteiger partial charge < -0.3 is 9.15 Å². The molecule has 3 heterocycles. The predicted octanol–water partition coefficient (Wildman–Crippen LogP) is 3.61. The lowest BCUT2D eigenvalue weighted by Crippen LogP contribution is -2.37. The fourth-order valence-electron chi connectivity index (χ4n) is 3.25. The van der Waals surface area contributed by atoms with Gasteiger partial charge in [0.05, 0.1) is 35.1 Å². The summed E-state index contributed by atoms with van der Waals surface area (Å²) in [4.78, 5) is 27.6. The first-order valence-electron chi connectivity index (χ1n) is 8.76. The molecule has 1 aromatic heterocycles. The van der Waals surface area contributed by atoms with Crippen molar-refractivity contribution in [3.63, 3.8) is 0 Å². The predicted molar refractivity (Wildman–Crippen MR) is 99.0 cm³/mol. The Labute approximate surface area is 160 Å². The number of imide groups is 1. The first-order valence-corrected chi connectivity index (χ1v) is 9.75. The van der Waals surface area contributed by atoms with Gasteiger partial charge in [-0.1, -0.05) is 12.1 Å². The van der Waals surface area contributed by atoms with Crippen molar-refractivity contribution in [1.82, 2.24) is 4.90 Å². The number of rotatable bonds is 6. The van der Waals surface area contributed by atoms with Crippen LogP contribution in [0.3, 0.4) is 0 Å². The minimum atomic E-state index is -0.392. The summed E-state index contributed by atoms with van der Waals surface area (Å²) >= 11 is 1.26. The number of nitrogens with zero attached hydrogens (tertiary/aromatic N) is 1. The van der Waals surface area contributed by atoms with Gasteiger partial charge in [-0.3, -0.25) is 14.5 Å². The van der Waals surface area contributed by atoms with Crippen LogP contribution in [-0.4, -0.2) is 36.0 Å². The number of carbonyl (C=O) groups excluding carboxylic acids is 2. The van der Waals surface area contributed by atoms with Gasteiger partial charge in [-0.05, 0) is 42.7 Å². The van der Waals surface area contributed by atoms with Gasteiger partial charge >= 0.3 is 0 Å². The van der Waals surface area contributed by atoms with E-state index in [-0.39, 0.29) is 24.5 Å². The average molecular weight is 387 g/mol. The van der Waals surface area contributed by atoms with Crippen LogP contribution in [0.4, 0.5) is 4.39 Å². The number of hydrogen-bond acceptors (Lipinski definition) is 5. The van der Waals surface area contributed by atoms with Crippen molar-refractivity contribution in [2.45, 2.75) is 24.7 Å². The Morgan fingerprint density at radius 1 is 1.15 bits per heavy atom. The summed E-state index contributed by atoms with van der Waals surface area (Å²) in [6, 6.07) is 9.22. The van der Waals surface area contributed by atoms with Gasteiger partial charge in [0.2, 0.25) is 0 Å². The number of thioether (sulfide) groups is 1. The van der Waals surface area contributed by atoms with E-state index in [4.69, 9.17) is 9.15 Å². The van der Waals surface area contributed by atoms with E-state index in [0.717, 1.165) is 12.8 Å². The molecule has 0 aliphatic carbocycles. The molecule has 4 rings (SSSR count). The minimum absolute atomic E-state index is 0.123. The average Bonchev–Trinajstić information content (AvgIpc) is 3.40. The molecule has 1 unspecified atom stereocenters. The summed E-state index contributed by atoms with van der Waals surface area (Å²) in [6.45, 7) is 0.895. The molecule has 0 N–H and O–H groups in total. The minimum Gasteiger partial charge on any atom is -0.468 e. The quantitative estimate of drug-likeness (QED) is 0.709. The third-order valence-electron chi connectivity index (χ3n) is 4.61. The van der Waals surface area contributed by atoms with Gasteiger partial charge in [-0.2, -0.15) is 0 Å². The number of hydrogen-bond donors (Lipinski definition) is 0. The first-order chi connectivity index (χ1) is 13.1. The summed E-state index contributed by atoms with van der Waals surface area (Å²) < 4.78 is 24.2. The number of amides is 2. The zero-order chi connectivity index (χ0) is 18.8. The molecular weight excluding hydrogens is 369 g/mol. The molecule has 2 aromatic rings. The van der Waals surface area contributed by atoms with Crippen LogP contribution in [0.25, 0.3) is 5.57 Å². The summed E-state index contributed by atoms with van der Waals surface area (Å²) in [5, 5.41) is 0. The van der Waals surface area contributed by atoms with Crippen molar-refractivity contribution < 1.29 is 23.1 Å². The monoisotopic (exact) mass is 387 g/mol. The molecule has 1 fully saturated rings. The number of furan rings is 1. The van der Waals surface area contributed by atoms with Crippen LogP contribution < -0.4 is 0 Å². The molecule has 0 radical (unpaired) electrons. The Morgan fingerprint density at radius 3 is 2.63 bits per heavy atom. The van der Waals surface area contributed by atoms with Crippen molar-refractivity contribution >= 4 is 29.1 Å². The lowest BCUT2D eigenvalue weighted by molar-refractivity contribution is -0.138. The molecule has 2 amide bonds. The Morgan fingerprint density at radius 2 is 1.96 bits per heavy atom. The van der Waals surface area contributed by atoms with E-state index in [2.05, 4.69) is 0 Å². The maximum absolute atomic E-state index is 13.3. The zero-order valence-electron chi connectivity index (χ0n) is 14.5. The standard InChI is InChI=1S/C20H18FNO4S/c21-14-7-5-13(6-8-14)17-18(27-12-16-4-2-10-26-16)20(24)22(19(17)23)11-15-3-1-9-25-15/h2,4-8,10,15H,1,3,9,11-12H2. The highest BCUT2D eigenvalue weighted by atomic mass is 32.2. The van der Waals surface area contributed by atoms with Crippen molar-refractivity contribution in [2.24, 2.45) is 0 Å². The van der Waals surface area contributed by atoms with Gasteiger partial charge in [0.15, 0.2) is 0 Å². The molecule has 5 nitrogen and oxygen atoms in total. The second-order valence-electron chi connectivity index (χ2n) is 6.43. The van der Waals surface area contributed by atoms with Gasteiger partial charge in [-0.25, -0.2) is 4.39 Å². The molecule has 7 heteroatoms. The van der Waals surface area contributed by atoms with Crippen LogP contribution in [0, 0.1) is 5.82 Å². The molecule has 1 saturated heterocycles. The molecule has 1 atom stereocenters. The van der Waals surface area contributed by atoms with E-state index in [0.29, 0.717) is 34.2 Å². The lowest BCUT2D eigenvalue weighted by atomic mass is 10.1. The molecular formula is C20H18FNO4S. The van der Waals surface area contributed by atoms with E-state index in [1.54, 1.807) is 12.3 Å². The summed E-state index contributed by atoms with van der Waals surface area (Å²) in [5.74, 6) is 0.0659. The Kier molecular flexibility index (Phi) is 5.13. The van der Waals surface area contributed by atoms with Gasteiger partial charge in [0.25, 0.3) is 11.8 Å². The number of ether oxygens (including phenoxy) is 1. The van der Waals surface area contributed by atoms with E-state index in [9.17, 15) is 14.0 Å². The zero-order valence-corrected chi connectivity index (χ0v) is 15.3. The summed E-state index contributed by atoms with van der Waals surface area (Å²) in [6.07, 6.45) is 3.20. The Hall–Kier alpha value is -2.38. The Balaban J connectivity index is 1.63. The molecule has 0 bridgehead atoms. The van der Waals surface area contributed by atoms with E-state index in [1.807, 2.05) is 6.07 Å². The fourth-order valence-corrected chi connectivity index (χ4v) is 4.29. The lowest BCUT2D eigenvalue weighted by Gasteiger charge is -2.19.